The maximum absolute atomic E-state index is 12.9. The Morgan fingerprint density at radius 2 is 1.85 bits per heavy atom. The molecule has 168 valence electrons. The van der Waals surface area contributed by atoms with Gasteiger partial charge in [-0.15, -0.1) is 16.4 Å². The molecule has 0 fully saturated rings. The van der Waals surface area contributed by atoms with Crippen molar-refractivity contribution in [1.82, 2.24) is 20.0 Å². The van der Waals surface area contributed by atoms with E-state index in [9.17, 15) is 14.9 Å². The van der Waals surface area contributed by atoms with Crippen molar-refractivity contribution in [3.05, 3.63) is 91.2 Å². The zero-order valence-electron chi connectivity index (χ0n) is 18.6. The lowest BCUT2D eigenvalue weighted by atomic mass is 10.1. The molecule has 2 heterocycles. The van der Waals surface area contributed by atoms with Crippen LogP contribution in [0.5, 0.6) is 0 Å². The Kier molecular flexibility index (Phi) is 6.01. The zero-order chi connectivity index (χ0) is 23.7. The molecule has 1 amide bonds. The van der Waals surface area contributed by atoms with Crippen LogP contribution in [0.1, 0.15) is 43.4 Å². The number of nitro benzene ring substituents is 1. The average molecular weight is 463 g/mol. The quantitative estimate of drug-likeness (QED) is 0.328. The Morgan fingerprint density at radius 1 is 1.12 bits per heavy atom. The van der Waals surface area contributed by atoms with Crippen LogP contribution in [0, 0.1) is 37.8 Å². The Balaban J connectivity index is 1.51. The Morgan fingerprint density at radius 3 is 2.55 bits per heavy atom. The number of nitro groups is 1. The van der Waals surface area contributed by atoms with Crippen LogP contribution >= 0.6 is 11.3 Å². The first-order chi connectivity index (χ1) is 15.7. The van der Waals surface area contributed by atoms with Gasteiger partial charge in [-0.1, -0.05) is 29.5 Å². The van der Waals surface area contributed by atoms with Crippen LogP contribution in [0.4, 0.5) is 10.8 Å². The zero-order valence-corrected chi connectivity index (χ0v) is 19.4. The van der Waals surface area contributed by atoms with E-state index in [1.165, 1.54) is 23.5 Å². The molecular formula is C23H22N6O3S. The van der Waals surface area contributed by atoms with Gasteiger partial charge >= 0.3 is 0 Å². The van der Waals surface area contributed by atoms with E-state index in [0.717, 1.165) is 32.9 Å². The van der Waals surface area contributed by atoms with Crippen molar-refractivity contribution >= 4 is 28.1 Å². The largest absolute Gasteiger partial charge is 0.296 e. The van der Waals surface area contributed by atoms with Crippen LogP contribution in [0.25, 0.3) is 5.69 Å². The normalized spacial score (nSPS) is 10.9. The Labute approximate surface area is 194 Å². The third-order valence-corrected chi connectivity index (χ3v) is 6.40. The van der Waals surface area contributed by atoms with Gasteiger partial charge in [0.2, 0.25) is 0 Å². The Hall–Kier alpha value is -3.92. The predicted octanol–water partition coefficient (Wildman–Crippen LogP) is 4.71. The molecule has 0 saturated carbocycles. The number of carbonyl (C=O) groups excluding carboxylic acids is 1. The van der Waals surface area contributed by atoms with Crippen LogP contribution in [0.2, 0.25) is 0 Å². The monoisotopic (exact) mass is 462 g/mol. The fourth-order valence-corrected chi connectivity index (χ4v) is 4.43. The topological polar surface area (TPSA) is 116 Å². The fraction of sp³-hybridized carbons (Fsp3) is 0.217. The lowest BCUT2D eigenvalue weighted by Gasteiger charge is -2.08. The highest BCUT2D eigenvalue weighted by Crippen LogP contribution is 2.27. The summed E-state index contributed by atoms with van der Waals surface area (Å²) in [5.74, 6) is -0.375. The first-order valence-electron chi connectivity index (χ1n) is 10.2. The lowest BCUT2D eigenvalue weighted by molar-refractivity contribution is -0.384. The van der Waals surface area contributed by atoms with Gasteiger partial charge in [-0.05, 0) is 50.5 Å². The van der Waals surface area contributed by atoms with Gasteiger partial charge in [-0.2, -0.15) is 0 Å². The van der Waals surface area contributed by atoms with Crippen molar-refractivity contribution in [1.29, 1.82) is 0 Å². The number of non-ortho nitro benzene ring substituents is 1. The van der Waals surface area contributed by atoms with Gasteiger partial charge in [-0.3, -0.25) is 20.2 Å². The molecule has 33 heavy (non-hydrogen) atoms. The average Bonchev–Trinajstić information content (AvgIpc) is 3.32. The minimum Gasteiger partial charge on any atom is -0.296 e. The SMILES string of the molecule is Cc1ccc(C)c(-n2nnc(C(=O)Nc3nc(C)c(Cc4ccc([N+](=O)[O-])cc4)s3)c2C)c1. The number of thiazole rings is 1. The molecular weight excluding hydrogens is 440 g/mol. The van der Waals surface area contributed by atoms with Crippen LogP contribution in [0.3, 0.4) is 0 Å². The molecule has 0 aliphatic carbocycles. The van der Waals surface area contributed by atoms with Gasteiger partial charge in [0.25, 0.3) is 11.6 Å². The van der Waals surface area contributed by atoms with Gasteiger partial charge < -0.3 is 0 Å². The van der Waals surface area contributed by atoms with Gasteiger partial charge in [0.1, 0.15) is 0 Å². The summed E-state index contributed by atoms with van der Waals surface area (Å²) < 4.78 is 1.67. The maximum Gasteiger partial charge on any atom is 0.279 e. The molecule has 0 bridgehead atoms. The molecule has 10 heteroatoms. The molecule has 0 atom stereocenters. The summed E-state index contributed by atoms with van der Waals surface area (Å²) in [5, 5.41) is 22.4. The molecule has 9 nitrogen and oxygen atoms in total. The number of aryl methyl sites for hydroxylation is 3. The number of benzene rings is 2. The molecule has 0 aliphatic heterocycles. The molecule has 0 spiro atoms. The number of nitrogens with zero attached hydrogens (tertiary/aromatic N) is 5. The van der Waals surface area contributed by atoms with Crippen LogP contribution in [0.15, 0.2) is 42.5 Å². The first kappa shape index (κ1) is 22.3. The summed E-state index contributed by atoms with van der Waals surface area (Å²) in [6.45, 7) is 7.67. The van der Waals surface area contributed by atoms with Crippen LogP contribution < -0.4 is 5.32 Å². The van der Waals surface area contributed by atoms with E-state index >= 15 is 0 Å². The van der Waals surface area contributed by atoms with E-state index in [1.807, 2.05) is 45.9 Å². The summed E-state index contributed by atoms with van der Waals surface area (Å²) in [6.07, 6.45) is 0.569. The summed E-state index contributed by atoms with van der Waals surface area (Å²) >= 11 is 1.37. The van der Waals surface area contributed by atoms with E-state index in [0.29, 0.717) is 17.2 Å². The number of anilines is 1. The van der Waals surface area contributed by atoms with Crippen molar-refractivity contribution in [3.63, 3.8) is 0 Å². The number of carbonyl (C=O) groups is 1. The second-order valence-electron chi connectivity index (χ2n) is 7.81. The number of amides is 1. The molecule has 4 rings (SSSR count). The maximum atomic E-state index is 12.9. The first-order valence-corrected chi connectivity index (χ1v) is 11.1. The molecule has 2 aromatic heterocycles. The standard InChI is InChI=1S/C23H22N6O3S/c1-13-5-6-14(2)19(11-13)28-16(4)21(26-27-28)22(30)25-23-24-15(3)20(33-23)12-17-7-9-18(10-8-17)29(31)32/h5-11H,12H2,1-4H3,(H,24,25,30). The minimum absolute atomic E-state index is 0.0528. The van der Waals surface area contributed by atoms with Crippen LogP contribution in [-0.4, -0.2) is 30.8 Å². The minimum atomic E-state index is -0.423. The summed E-state index contributed by atoms with van der Waals surface area (Å²) in [6, 6.07) is 12.5. The highest BCUT2D eigenvalue weighted by atomic mass is 32.1. The van der Waals surface area contributed by atoms with Gasteiger partial charge in [-0.25, -0.2) is 9.67 Å². The van der Waals surface area contributed by atoms with Gasteiger partial charge in [0, 0.05) is 23.4 Å². The van der Waals surface area contributed by atoms with E-state index in [1.54, 1.807) is 16.8 Å². The molecule has 0 saturated heterocycles. The number of hydrogen-bond acceptors (Lipinski definition) is 7. The smallest absolute Gasteiger partial charge is 0.279 e. The number of nitrogens with one attached hydrogen (secondary N) is 1. The third kappa shape index (κ3) is 4.65. The summed E-state index contributed by atoms with van der Waals surface area (Å²) in [7, 11) is 0. The molecule has 0 radical (unpaired) electrons. The Bertz CT molecular complexity index is 1360. The predicted molar refractivity (Wildman–Crippen MR) is 126 cm³/mol. The van der Waals surface area contributed by atoms with Gasteiger partial charge in [0.15, 0.2) is 10.8 Å². The van der Waals surface area contributed by atoms with Crippen molar-refractivity contribution in [2.24, 2.45) is 0 Å². The molecule has 4 aromatic rings. The number of rotatable bonds is 6. The van der Waals surface area contributed by atoms with Crippen molar-refractivity contribution < 1.29 is 9.72 Å². The highest BCUT2D eigenvalue weighted by molar-refractivity contribution is 7.15. The molecule has 2 aromatic carbocycles. The number of hydrogen-bond donors (Lipinski definition) is 1. The molecule has 0 aliphatic rings. The van der Waals surface area contributed by atoms with E-state index in [4.69, 9.17) is 0 Å². The third-order valence-electron chi connectivity index (χ3n) is 5.33. The second kappa shape index (κ2) is 8.91. The van der Waals surface area contributed by atoms with Gasteiger partial charge in [0.05, 0.1) is 22.0 Å². The highest BCUT2D eigenvalue weighted by Gasteiger charge is 2.20. The van der Waals surface area contributed by atoms with Crippen molar-refractivity contribution in [2.75, 3.05) is 5.32 Å². The van der Waals surface area contributed by atoms with E-state index in [2.05, 4.69) is 20.6 Å². The molecule has 1 N–H and O–H groups in total. The molecule has 0 unspecified atom stereocenters. The summed E-state index contributed by atoms with van der Waals surface area (Å²) in [5.41, 5.74) is 5.66. The van der Waals surface area contributed by atoms with Crippen molar-refractivity contribution in [2.45, 2.75) is 34.1 Å². The second-order valence-corrected chi connectivity index (χ2v) is 8.89. The number of aromatic nitrogens is 4. The van der Waals surface area contributed by atoms with Crippen LogP contribution in [-0.2, 0) is 6.42 Å². The van der Waals surface area contributed by atoms with Crippen molar-refractivity contribution in [3.8, 4) is 5.69 Å². The van der Waals surface area contributed by atoms with E-state index in [-0.39, 0.29) is 17.3 Å². The fourth-order valence-electron chi connectivity index (χ4n) is 3.44. The van der Waals surface area contributed by atoms with E-state index < -0.39 is 4.92 Å². The lowest BCUT2D eigenvalue weighted by Crippen LogP contribution is -2.14. The summed E-state index contributed by atoms with van der Waals surface area (Å²) in [4.78, 5) is 28.7.